The molecule has 0 saturated carbocycles. The number of nitrogens with zero attached hydrogens (tertiary/aromatic N) is 2. The van der Waals surface area contributed by atoms with Gasteiger partial charge in [0.2, 0.25) is 5.95 Å². The Kier molecular flexibility index (Phi) is 5.35. The summed E-state index contributed by atoms with van der Waals surface area (Å²) in [5, 5.41) is 13.3. The van der Waals surface area contributed by atoms with Gasteiger partial charge in [0.15, 0.2) is 0 Å². The minimum Gasteiger partial charge on any atom is -0.394 e. The first-order chi connectivity index (χ1) is 13.7. The number of imidazole rings is 1. The number of para-hydroxylation sites is 2. The third-order valence-corrected chi connectivity index (χ3v) is 4.79. The average Bonchev–Trinajstić information content (AvgIpc) is 3.07. The molecule has 4 nitrogen and oxygen atoms in total. The van der Waals surface area contributed by atoms with Crippen molar-refractivity contribution in [2.45, 2.75) is 19.0 Å². The number of aliphatic hydroxyl groups excluding tert-OH is 1. The van der Waals surface area contributed by atoms with Gasteiger partial charge in [0.25, 0.3) is 0 Å². The molecule has 0 saturated heterocycles. The number of hydrogen-bond acceptors (Lipinski definition) is 3. The Morgan fingerprint density at radius 3 is 2.36 bits per heavy atom. The van der Waals surface area contributed by atoms with Crippen LogP contribution in [0.25, 0.3) is 11.0 Å². The number of rotatable bonds is 7. The van der Waals surface area contributed by atoms with Gasteiger partial charge in [-0.25, -0.2) is 9.37 Å². The Morgan fingerprint density at radius 2 is 1.61 bits per heavy atom. The molecule has 0 fully saturated rings. The molecule has 2 N–H and O–H groups in total. The summed E-state index contributed by atoms with van der Waals surface area (Å²) >= 11 is 0. The van der Waals surface area contributed by atoms with Crippen LogP contribution in [0.1, 0.15) is 11.1 Å². The zero-order valence-corrected chi connectivity index (χ0v) is 15.4. The lowest BCUT2D eigenvalue weighted by atomic mass is 10.1. The lowest BCUT2D eigenvalue weighted by Crippen LogP contribution is -2.28. The Bertz CT molecular complexity index is 1040. The smallest absolute Gasteiger partial charge is 0.204 e. The maximum Gasteiger partial charge on any atom is 0.204 e. The molecule has 0 spiro atoms. The van der Waals surface area contributed by atoms with Crippen molar-refractivity contribution >= 4 is 17.0 Å². The van der Waals surface area contributed by atoms with E-state index in [-0.39, 0.29) is 18.5 Å². The standard InChI is InChI=1S/C23H22FN3O/c24-19-12-10-18(11-13-19)15-27-22-9-5-4-8-21(22)26-23(27)25-20(16-28)14-17-6-2-1-3-7-17/h1-13,20,28H,14-16H2,(H,25,26)/t20-/m0/s1. The SMILES string of the molecule is OC[C@H](Cc1ccccc1)Nc1nc2ccccc2n1Cc1ccc(F)cc1. The molecule has 0 radical (unpaired) electrons. The van der Waals surface area contributed by atoms with E-state index in [2.05, 4.69) is 9.88 Å². The quantitative estimate of drug-likeness (QED) is 0.508. The molecule has 0 aliphatic carbocycles. The van der Waals surface area contributed by atoms with Gasteiger partial charge in [-0.15, -0.1) is 0 Å². The van der Waals surface area contributed by atoms with E-state index in [1.807, 2.05) is 54.6 Å². The zero-order chi connectivity index (χ0) is 19.3. The van der Waals surface area contributed by atoms with Crippen molar-refractivity contribution in [3.8, 4) is 0 Å². The van der Waals surface area contributed by atoms with Crippen LogP contribution in [0.5, 0.6) is 0 Å². The molecule has 0 aliphatic heterocycles. The summed E-state index contributed by atoms with van der Waals surface area (Å²) < 4.78 is 15.3. The second kappa shape index (κ2) is 8.23. The molecule has 142 valence electrons. The van der Waals surface area contributed by atoms with Gasteiger partial charge in [0.1, 0.15) is 5.82 Å². The van der Waals surface area contributed by atoms with Crippen LogP contribution in [0, 0.1) is 5.82 Å². The van der Waals surface area contributed by atoms with E-state index >= 15 is 0 Å². The molecule has 0 amide bonds. The molecule has 0 unspecified atom stereocenters. The topological polar surface area (TPSA) is 50.1 Å². The van der Waals surface area contributed by atoms with Crippen LogP contribution < -0.4 is 5.32 Å². The number of fused-ring (bicyclic) bond motifs is 1. The molecule has 1 heterocycles. The van der Waals surface area contributed by atoms with E-state index in [0.29, 0.717) is 18.9 Å². The summed E-state index contributed by atoms with van der Waals surface area (Å²) in [7, 11) is 0. The van der Waals surface area contributed by atoms with E-state index in [4.69, 9.17) is 4.98 Å². The normalized spacial score (nSPS) is 12.2. The summed E-state index contributed by atoms with van der Waals surface area (Å²) in [6.45, 7) is 0.557. The van der Waals surface area contributed by atoms with Crippen LogP contribution in [0.4, 0.5) is 10.3 Å². The first kappa shape index (κ1) is 18.2. The van der Waals surface area contributed by atoms with Crippen LogP contribution >= 0.6 is 0 Å². The predicted molar refractivity (Wildman–Crippen MR) is 110 cm³/mol. The van der Waals surface area contributed by atoms with E-state index in [1.165, 1.54) is 12.1 Å². The molecule has 1 aromatic heterocycles. The van der Waals surface area contributed by atoms with Crippen LogP contribution in [0.2, 0.25) is 0 Å². The largest absolute Gasteiger partial charge is 0.394 e. The Labute approximate surface area is 163 Å². The van der Waals surface area contributed by atoms with Gasteiger partial charge in [0, 0.05) is 0 Å². The predicted octanol–water partition coefficient (Wildman–Crippen LogP) is 4.24. The van der Waals surface area contributed by atoms with Crippen molar-refractivity contribution in [3.63, 3.8) is 0 Å². The van der Waals surface area contributed by atoms with Crippen molar-refractivity contribution < 1.29 is 9.50 Å². The highest BCUT2D eigenvalue weighted by molar-refractivity contribution is 5.78. The molecule has 4 rings (SSSR count). The van der Waals surface area contributed by atoms with Crippen LogP contribution in [0.15, 0.2) is 78.9 Å². The lowest BCUT2D eigenvalue weighted by Gasteiger charge is -2.18. The van der Waals surface area contributed by atoms with Crippen LogP contribution in [-0.4, -0.2) is 27.3 Å². The van der Waals surface area contributed by atoms with Crippen molar-refractivity contribution in [2.24, 2.45) is 0 Å². The minimum atomic E-state index is -0.249. The summed E-state index contributed by atoms with van der Waals surface area (Å²) in [5.41, 5.74) is 4.00. The van der Waals surface area contributed by atoms with Crippen molar-refractivity contribution in [1.29, 1.82) is 0 Å². The third-order valence-electron chi connectivity index (χ3n) is 4.79. The highest BCUT2D eigenvalue weighted by Crippen LogP contribution is 2.22. The van der Waals surface area contributed by atoms with E-state index < -0.39 is 0 Å². The molecule has 1 atom stereocenters. The highest BCUT2D eigenvalue weighted by Gasteiger charge is 2.15. The maximum atomic E-state index is 13.3. The van der Waals surface area contributed by atoms with Gasteiger partial charge < -0.3 is 15.0 Å². The molecule has 28 heavy (non-hydrogen) atoms. The summed E-state index contributed by atoms with van der Waals surface area (Å²) in [4.78, 5) is 4.72. The van der Waals surface area contributed by atoms with Gasteiger partial charge in [0.05, 0.1) is 30.2 Å². The molecule has 4 aromatic rings. The van der Waals surface area contributed by atoms with Crippen molar-refractivity contribution in [1.82, 2.24) is 9.55 Å². The Hall–Kier alpha value is -3.18. The molecule has 3 aromatic carbocycles. The molecule has 0 aliphatic rings. The van der Waals surface area contributed by atoms with Crippen LogP contribution in [-0.2, 0) is 13.0 Å². The minimum absolute atomic E-state index is 0.00531. The fourth-order valence-electron chi connectivity index (χ4n) is 3.36. The molecule has 5 heteroatoms. The highest BCUT2D eigenvalue weighted by atomic mass is 19.1. The molecular formula is C23H22FN3O. The van der Waals surface area contributed by atoms with Gasteiger partial charge in [-0.1, -0.05) is 54.6 Å². The van der Waals surface area contributed by atoms with Gasteiger partial charge in [-0.3, -0.25) is 0 Å². The summed E-state index contributed by atoms with van der Waals surface area (Å²) in [5.74, 6) is 0.446. The first-order valence-electron chi connectivity index (χ1n) is 9.34. The average molecular weight is 375 g/mol. The summed E-state index contributed by atoms with van der Waals surface area (Å²) in [6.07, 6.45) is 0.692. The zero-order valence-electron chi connectivity index (χ0n) is 15.4. The first-order valence-corrected chi connectivity index (χ1v) is 9.34. The second-order valence-electron chi connectivity index (χ2n) is 6.85. The van der Waals surface area contributed by atoms with Gasteiger partial charge in [-0.2, -0.15) is 0 Å². The Morgan fingerprint density at radius 1 is 0.893 bits per heavy atom. The van der Waals surface area contributed by atoms with Gasteiger partial charge >= 0.3 is 0 Å². The number of anilines is 1. The van der Waals surface area contributed by atoms with Crippen LogP contribution in [0.3, 0.4) is 0 Å². The number of aliphatic hydroxyl groups is 1. The van der Waals surface area contributed by atoms with Gasteiger partial charge in [-0.05, 0) is 41.8 Å². The molecular weight excluding hydrogens is 353 g/mol. The second-order valence-corrected chi connectivity index (χ2v) is 6.85. The number of hydrogen-bond donors (Lipinski definition) is 2. The Balaban J connectivity index is 1.64. The summed E-state index contributed by atoms with van der Waals surface area (Å²) in [6, 6.07) is 24.3. The fraction of sp³-hybridized carbons (Fsp3) is 0.174. The van der Waals surface area contributed by atoms with E-state index in [1.54, 1.807) is 12.1 Å². The fourth-order valence-corrected chi connectivity index (χ4v) is 3.36. The number of halogens is 1. The van der Waals surface area contributed by atoms with E-state index in [0.717, 1.165) is 22.2 Å². The number of benzene rings is 3. The molecule has 0 bridgehead atoms. The number of aromatic nitrogens is 2. The monoisotopic (exact) mass is 375 g/mol. The van der Waals surface area contributed by atoms with E-state index in [9.17, 15) is 9.50 Å². The van der Waals surface area contributed by atoms with Crippen molar-refractivity contribution in [2.75, 3.05) is 11.9 Å². The van der Waals surface area contributed by atoms with Crippen molar-refractivity contribution in [3.05, 3.63) is 95.8 Å². The maximum absolute atomic E-state index is 13.3. The third kappa shape index (κ3) is 4.05. The lowest BCUT2D eigenvalue weighted by molar-refractivity contribution is 0.273. The number of nitrogens with one attached hydrogen (secondary N) is 1.